The van der Waals surface area contributed by atoms with Gasteiger partial charge in [0.05, 0.1) is 37.7 Å². The summed E-state index contributed by atoms with van der Waals surface area (Å²) in [5.74, 6) is -0.188. The van der Waals surface area contributed by atoms with Crippen molar-refractivity contribution in [2.24, 2.45) is 4.99 Å². The maximum absolute atomic E-state index is 12.4. The van der Waals surface area contributed by atoms with E-state index in [0.717, 1.165) is 11.6 Å². The minimum Gasteiger partial charge on any atom is -0.493 e. The maximum Gasteiger partial charge on any atom is 0.363 e. The maximum atomic E-state index is 12.4. The normalized spacial score (nSPS) is 14.0. The van der Waals surface area contributed by atoms with E-state index in [0.29, 0.717) is 27.1 Å². The fourth-order valence-electron chi connectivity index (χ4n) is 3.22. The molecule has 1 aliphatic heterocycles. The fourth-order valence-corrected chi connectivity index (χ4v) is 4.07. The number of methoxy groups -OCH3 is 1. The number of aliphatic imine (C=N–C) groups is 1. The number of carbonyl (C=O) groups excluding carboxylic acids is 1. The van der Waals surface area contributed by atoms with Crippen molar-refractivity contribution in [3.63, 3.8) is 0 Å². The van der Waals surface area contributed by atoms with Crippen molar-refractivity contribution in [1.82, 2.24) is 0 Å². The Bertz CT molecular complexity index is 1450. The third-order valence-corrected chi connectivity index (χ3v) is 6.27. The van der Waals surface area contributed by atoms with Crippen molar-refractivity contribution in [1.29, 1.82) is 0 Å². The number of hydrogen-bond acceptors (Lipinski definition) is 7. The molecule has 0 unspecified atom stereocenters. The third kappa shape index (κ3) is 5.57. The van der Waals surface area contributed by atoms with Crippen LogP contribution < -0.4 is 9.47 Å². The van der Waals surface area contributed by atoms with Crippen molar-refractivity contribution in [3.8, 4) is 11.5 Å². The van der Waals surface area contributed by atoms with Gasteiger partial charge in [-0.3, -0.25) is 10.1 Å². The Labute approximate surface area is 224 Å². The quantitative estimate of drug-likeness (QED) is 0.130. The van der Waals surface area contributed by atoms with Gasteiger partial charge in [0.15, 0.2) is 17.2 Å². The number of carbonyl (C=O) groups is 1. The summed E-state index contributed by atoms with van der Waals surface area (Å²) in [6.07, 6.45) is 1.45. The van der Waals surface area contributed by atoms with E-state index >= 15 is 0 Å². The topological polar surface area (TPSA) is 100 Å². The summed E-state index contributed by atoms with van der Waals surface area (Å²) < 4.78 is 16.5. The molecule has 0 atom stereocenters. The van der Waals surface area contributed by atoms with Crippen molar-refractivity contribution < 1.29 is 23.9 Å². The summed E-state index contributed by atoms with van der Waals surface area (Å²) in [6, 6.07) is 12.0. The molecule has 0 N–H and O–H groups in total. The highest BCUT2D eigenvalue weighted by molar-refractivity contribution is 6.42. The molecule has 0 saturated heterocycles. The number of ether oxygens (including phenoxy) is 3. The Kier molecular flexibility index (Phi) is 7.70. The number of nitrogens with zero attached hydrogens (tertiary/aromatic N) is 2. The van der Waals surface area contributed by atoms with E-state index in [2.05, 4.69) is 4.99 Å². The Hall–Kier alpha value is -3.30. The Morgan fingerprint density at radius 3 is 2.44 bits per heavy atom. The van der Waals surface area contributed by atoms with Crippen LogP contribution in [-0.2, 0) is 16.1 Å². The molecular weight excluding hydrogens is 554 g/mol. The number of benzene rings is 3. The monoisotopic (exact) mass is 566 g/mol. The molecule has 4 rings (SSSR count). The first-order valence-electron chi connectivity index (χ1n) is 10.1. The lowest BCUT2D eigenvalue weighted by molar-refractivity contribution is -0.384. The second-order valence-electron chi connectivity index (χ2n) is 7.33. The Morgan fingerprint density at radius 2 is 1.78 bits per heavy atom. The number of nitro groups is 1. The third-order valence-electron chi connectivity index (χ3n) is 4.94. The van der Waals surface area contributed by atoms with Crippen molar-refractivity contribution in [3.05, 3.63) is 101 Å². The molecule has 3 aromatic carbocycles. The second kappa shape index (κ2) is 10.8. The van der Waals surface area contributed by atoms with Gasteiger partial charge in [0, 0.05) is 12.1 Å². The van der Waals surface area contributed by atoms with E-state index in [4.69, 9.17) is 60.6 Å². The average molecular weight is 568 g/mol. The van der Waals surface area contributed by atoms with E-state index in [1.807, 2.05) is 0 Å². The minimum atomic E-state index is -0.727. The van der Waals surface area contributed by atoms with Crippen LogP contribution in [0.3, 0.4) is 0 Å². The highest BCUT2D eigenvalue weighted by atomic mass is 35.5. The molecule has 184 valence electrons. The van der Waals surface area contributed by atoms with E-state index in [1.54, 1.807) is 30.3 Å². The molecule has 1 aliphatic rings. The molecule has 36 heavy (non-hydrogen) atoms. The van der Waals surface area contributed by atoms with Gasteiger partial charge in [-0.15, -0.1) is 0 Å². The molecule has 0 fully saturated rings. The van der Waals surface area contributed by atoms with Gasteiger partial charge < -0.3 is 14.2 Å². The lowest BCUT2D eigenvalue weighted by Crippen LogP contribution is -2.06. The van der Waals surface area contributed by atoms with Crippen LogP contribution in [0.2, 0.25) is 20.1 Å². The van der Waals surface area contributed by atoms with Gasteiger partial charge in [-0.05, 0) is 47.5 Å². The van der Waals surface area contributed by atoms with E-state index in [1.165, 1.54) is 25.3 Å². The summed E-state index contributed by atoms with van der Waals surface area (Å²) in [5, 5.41) is 12.0. The van der Waals surface area contributed by atoms with Crippen LogP contribution >= 0.6 is 46.4 Å². The second-order valence-corrected chi connectivity index (χ2v) is 8.96. The minimum absolute atomic E-state index is 0.0187. The lowest BCUT2D eigenvalue weighted by Gasteiger charge is -2.14. The Balaban J connectivity index is 1.59. The van der Waals surface area contributed by atoms with Crippen LogP contribution in [0.25, 0.3) is 6.08 Å². The number of rotatable bonds is 7. The zero-order chi connectivity index (χ0) is 26.0. The summed E-state index contributed by atoms with van der Waals surface area (Å²) in [5.41, 5.74) is 1.27. The molecule has 0 aromatic heterocycles. The zero-order valence-electron chi connectivity index (χ0n) is 18.3. The van der Waals surface area contributed by atoms with Crippen LogP contribution in [0.15, 0.2) is 59.2 Å². The van der Waals surface area contributed by atoms with Gasteiger partial charge in [-0.1, -0.05) is 52.5 Å². The molecule has 3 aromatic rings. The van der Waals surface area contributed by atoms with Crippen LogP contribution in [0.4, 0.5) is 5.69 Å². The number of halogens is 4. The van der Waals surface area contributed by atoms with E-state index < -0.39 is 10.9 Å². The van der Waals surface area contributed by atoms with Gasteiger partial charge >= 0.3 is 5.97 Å². The van der Waals surface area contributed by atoms with Crippen LogP contribution in [0, 0.1) is 10.1 Å². The van der Waals surface area contributed by atoms with Crippen molar-refractivity contribution >= 4 is 70.0 Å². The van der Waals surface area contributed by atoms with Crippen LogP contribution in [0.1, 0.15) is 16.7 Å². The summed E-state index contributed by atoms with van der Waals surface area (Å²) in [7, 11) is 1.45. The number of hydrogen-bond donors (Lipinski definition) is 0. The van der Waals surface area contributed by atoms with Gasteiger partial charge in [0.2, 0.25) is 5.90 Å². The van der Waals surface area contributed by atoms with E-state index in [9.17, 15) is 14.9 Å². The predicted octanol–water partition coefficient (Wildman–Crippen LogP) is 7.14. The van der Waals surface area contributed by atoms with Crippen molar-refractivity contribution in [2.75, 3.05) is 7.11 Å². The lowest BCUT2D eigenvalue weighted by atomic mass is 10.1. The van der Waals surface area contributed by atoms with Gasteiger partial charge in [0.25, 0.3) is 5.69 Å². The number of nitro benzene ring substituents is 1. The SMILES string of the molecule is COc1cc(/C=C2\N=C(c3ccc([N+](=O)[O-])cc3Cl)OC2=O)cc(Cl)c1OCc1ccc(Cl)c(Cl)c1. The molecule has 0 spiro atoms. The highest BCUT2D eigenvalue weighted by Crippen LogP contribution is 2.38. The van der Waals surface area contributed by atoms with Gasteiger partial charge in [-0.25, -0.2) is 9.79 Å². The van der Waals surface area contributed by atoms with Crippen LogP contribution in [-0.4, -0.2) is 23.9 Å². The molecule has 0 bridgehead atoms. The van der Waals surface area contributed by atoms with E-state index in [-0.39, 0.29) is 39.5 Å². The van der Waals surface area contributed by atoms with Crippen molar-refractivity contribution in [2.45, 2.75) is 6.61 Å². The standard InChI is InChI=1S/C24H14Cl4N2O6/c1-34-21-9-13(7-19(28)22(21)35-11-12-2-5-16(25)18(27)6-12)8-20-24(31)36-23(29-20)15-4-3-14(30(32)33)10-17(15)26/h2-10H,11H2,1H3/b20-8-. The molecule has 1 heterocycles. The smallest absolute Gasteiger partial charge is 0.363 e. The molecule has 8 nitrogen and oxygen atoms in total. The number of non-ortho nitro benzene ring substituents is 1. The summed E-state index contributed by atoms with van der Waals surface area (Å²) >= 11 is 24.6. The Morgan fingerprint density at radius 1 is 1.00 bits per heavy atom. The first kappa shape index (κ1) is 25.8. The first-order chi connectivity index (χ1) is 17.2. The summed E-state index contributed by atoms with van der Waals surface area (Å²) in [4.78, 5) is 26.9. The molecule has 0 saturated carbocycles. The molecular formula is C24H14Cl4N2O6. The largest absolute Gasteiger partial charge is 0.493 e. The van der Waals surface area contributed by atoms with Gasteiger partial charge in [-0.2, -0.15) is 0 Å². The molecule has 0 aliphatic carbocycles. The molecule has 0 amide bonds. The molecule has 0 radical (unpaired) electrons. The van der Waals surface area contributed by atoms with Gasteiger partial charge in [0.1, 0.15) is 6.61 Å². The molecule has 12 heteroatoms. The summed E-state index contributed by atoms with van der Waals surface area (Å²) in [6.45, 7) is 0.156. The number of esters is 1. The number of cyclic esters (lactones) is 1. The predicted molar refractivity (Wildman–Crippen MR) is 138 cm³/mol. The average Bonchev–Trinajstić information content (AvgIpc) is 3.19. The first-order valence-corrected chi connectivity index (χ1v) is 11.6. The highest BCUT2D eigenvalue weighted by Gasteiger charge is 2.27. The fraction of sp³-hybridized carbons (Fsp3) is 0.0833. The van der Waals surface area contributed by atoms with Crippen LogP contribution in [0.5, 0.6) is 11.5 Å². The zero-order valence-corrected chi connectivity index (χ0v) is 21.3.